The first-order valence-electron chi connectivity index (χ1n) is 26.7. The molecule has 0 radical (unpaired) electrons. The van der Waals surface area contributed by atoms with Crippen molar-refractivity contribution in [3.63, 3.8) is 0 Å². The number of likely N-dealkylation sites (N-methyl/N-ethyl adjacent to an activating group) is 1. The highest BCUT2D eigenvalue weighted by Crippen LogP contribution is 2.38. The minimum atomic E-state index is -4.64. The van der Waals surface area contributed by atoms with E-state index in [4.69, 9.17) is 18.5 Å². The molecular weight excluding hydrogens is 822 g/mol. The van der Waals surface area contributed by atoms with E-state index in [1.807, 2.05) is 21.1 Å². The number of phosphoric acid groups is 1. The van der Waals surface area contributed by atoms with E-state index in [-0.39, 0.29) is 32.0 Å². The summed E-state index contributed by atoms with van der Waals surface area (Å²) in [4.78, 5) is 37.7. The number of unbranched alkanes of at least 4 members (excludes halogenated alkanes) is 29. The molecule has 0 aliphatic heterocycles. The van der Waals surface area contributed by atoms with Crippen molar-refractivity contribution in [2.75, 3.05) is 47.5 Å². The number of hydrogen-bond donors (Lipinski definition) is 0. The third-order valence-electron chi connectivity index (χ3n) is 11.7. The van der Waals surface area contributed by atoms with Gasteiger partial charge in [-0.3, -0.25) is 14.2 Å². The Morgan fingerprint density at radius 1 is 0.484 bits per heavy atom. The van der Waals surface area contributed by atoms with E-state index in [9.17, 15) is 19.0 Å². The van der Waals surface area contributed by atoms with Crippen molar-refractivity contribution in [2.24, 2.45) is 0 Å². The second kappa shape index (κ2) is 46.3. The highest BCUT2D eigenvalue weighted by molar-refractivity contribution is 7.45. The first kappa shape index (κ1) is 62.2. The molecule has 2 atom stereocenters. The smallest absolute Gasteiger partial charge is 0.306 e. The lowest BCUT2D eigenvalue weighted by molar-refractivity contribution is -0.870. The normalized spacial score (nSPS) is 13.7. The number of nitrogens with zero attached hydrogens (tertiary/aromatic N) is 1. The molecule has 0 saturated carbocycles. The van der Waals surface area contributed by atoms with Crippen molar-refractivity contribution < 1.29 is 42.1 Å². The summed E-state index contributed by atoms with van der Waals surface area (Å²) in [5.74, 6) is -0.849. The van der Waals surface area contributed by atoms with Crippen molar-refractivity contribution in [1.29, 1.82) is 0 Å². The number of rotatable bonds is 49. The van der Waals surface area contributed by atoms with Crippen LogP contribution in [0, 0.1) is 0 Å². The van der Waals surface area contributed by atoms with Gasteiger partial charge in [-0.05, 0) is 51.4 Å². The van der Waals surface area contributed by atoms with E-state index < -0.39 is 26.5 Å². The van der Waals surface area contributed by atoms with E-state index in [2.05, 4.69) is 50.3 Å². The van der Waals surface area contributed by atoms with E-state index >= 15 is 0 Å². The van der Waals surface area contributed by atoms with E-state index in [1.165, 1.54) is 154 Å². The largest absolute Gasteiger partial charge is 0.756 e. The van der Waals surface area contributed by atoms with Crippen LogP contribution in [0.1, 0.15) is 245 Å². The highest BCUT2D eigenvalue weighted by atomic mass is 31.2. The van der Waals surface area contributed by atoms with Crippen molar-refractivity contribution in [2.45, 2.75) is 251 Å². The van der Waals surface area contributed by atoms with Crippen LogP contribution in [0.15, 0.2) is 36.5 Å². The highest BCUT2D eigenvalue weighted by Gasteiger charge is 2.21. The average Bonchev–Trinajstić information content (AvgIpc) is 3.25. The molecule has 0 fully saturated rings. The van der Waals surface area contributed by atoms with Crippen LogP contribution in [-0.2, 0) is 32.7 Å². The number of hydrogen-bond acceptors (Lipinski definition) is 8. The van der Waals surface area contributed by atoms with Crippen LogP contribution >= 0.6 is 7.82 Å². The third-order valence-corrected chi connectivity index (χ3v) is 12.6. The van der Waals surface area contributed by atoms with Gasteiger partial charge < -0.3 is 27.9 Å². The predicted molar refractivity (Wildman–Crippen MR) is 268 cm³/mol. The molecule has 0 aromatic heterocycles. The maximum atomic E-state index is 12.7. The zero-order chi connectivity index (χ0) is 47.1. The molecular formula is C54H102NO8P. The van der Waals surface area contributed by atoms with Gasteiger partial charge >= 0.3 is 11.9 Å². The predicted octanol–water partition coefficient (Wildman–Crippen LogP) is 15.4. The van der Waals surface area contributed by atoms with Crippen LogP contribution in [0.3, 0.4) is 0 Å². The fourth-order valence-corrected chi connectivity index (χ4v) is 8.22. The molecule has 376 valence electrons. The first-order chi connectivity index (χ1) is 31.0. The average molecular weight is 924 g/mol. The number of allylic oxidation sites excluding steroid dienone is 6. The first-order valence-corrected chi connectivity index (χ1v) is 28.2. The molecule has 0 saturated heterocycles. The van der Waals surface area contributed by atoms with Gasteiger partial charge in [0, 0.05) is 12.8 Å². The molecule has 0 aromatic carbocycles. The maximum absolute atomic E-state index is 12.7. The lowest BCUT2D eigenvalue weighted by Crippen LogP contribution is -2.37. The fourth-order valence-electron chi connectivity index (χ4n) is 7.49. The third kappa shape index (κ3) is 49.7. The molecule has 1 unspecified atom stereocenters. The molecule has 0 heterocycles. The Morgan fingerprint density at radius 3 is 1.28 bits per heavy atom. The summed E-state index contributed by atoms with van der Waals surface area (Å²) in [6, 6.07) is 0. The Labute approximate surface area is 395 Å². The summed E-state index contributed by atoms with van der Waals surface area (Å²) >= 11 is 0. The number of ether oxygens (including phenoxy) is 2. The van der Waals surface area contributed by atoms with Gasteiger partial charge in [0.05, 0.1) is 27.7 Å². The topological polar surface area (TPSA) is 111 Å². The minimum Gasteiger partial charge on any atom is -0.756 e. The fraction of sp³-hybridized carbons (Fsp3) is 0.852. The van der Waals surface area contributed by atoms with Gasteiger partial charge in [0.25, 0.3) is 7.82 Å². The zero-order valence-electron chi connectivity index (χ0n) is 42.5. The zero-order valence-corrected chi connectivity index (χ0v) is 43.4. The van der Waals surface area contributed by atoms with Gasteiger partial charge in [-0.1, -0.05) is 217 Å². The summed E-state index contributed by atoms with van der Waals surface area (Å²) in [6.45, 7) is 4.21. The summed E-state index contributed by atoms with van der Waals surface area (Å²) in [5.41, 5.74) is 0. The summed E-state index contributed by atoms with van der Waals surface area (Å²) < 4.78 is 34.0. The Morgan fingerprint density at radius 2 is 0.844 bits per heavy atom. The Hall–Kier alpha value is -1.77. The second-order valence-corrected chi connectivity index (χ2v) is 20.7. The van der Waals surface area contributed by atoms with Crippen LogP contribution < -0.4 is 4.89 Å². The Bertz CT molecular complexity index is 1180. The monoisotopic (exact) mass is 924 g/mol. The number of carbonyl (C=O) groups is 2. The van der Waals surface area contributed by atoms with Gasteiger partial charge in [-0.2, -0.15) is 0 Å². The van der Waals surface area contributed by atoms with Gasteiger partial charge in [0.2, 0.25) is 0 Å². The SMILES string of the molecule is CCCCC/C=C/C/C=C/C/C=C/CCCCCCC(=O)O[C@@H](COC(=O)CCCCCCCCCCCCCCCCCCCCCCCCC)COP(=O)([O-])OCC[N+](C)(C)C. The van der Waals surface area contributed by atoms with Crippen LogP contribution in [0.2, 0.25) is 0 Å². The van der Waals surface area contributed by atoms with Gasteiger partial charge in [-0.15, -0.1) is 0 Å². The number of phosphoric ester groups is 1. The number of carbonyl (C=O) groups excluding carboxylic acids is 2. The summed E-state index contributed by atoms with van der Waals surface area (Å²) in [6.07, 6.45) is 54.7. The molecule has 0 aliphatic carbocycles. The number of esters is 2. The maximum Gasteiger partial charge on any atom is 0.306 e. The molecule has 0 N–H and O–H groups in total. The molecule has 0 rings (SSSR count). The lowest BCUT2D eigenvalue weighted by Gasteiger charge is -2.28. The molecule has 9 nitrogen and oxygen atoms in total. The van der Waals surface area contributed by atoms with E-state index in [0.717, 1.165) is 57.8 Å². The Kier molecular flexibility index (Phi) is 45.1. The molecule has 0 aromatic rings. The molecule has 0 amide bonds. The van der Waals surface area contributed by atoms with Crippen molar-refractivity contribution in [3.8, 4) is 0 Å². The standard InChI is InChI=1S/C54H102NO8P/c1-6-8-10-12-14-16-18-20-22-24-25-26-27-28-29-31-32-34-36-38-40-42-44-46-53(56)60-50-52(51-62-64(58,59)61-49-48-55(3,4)5)63-54(57)47-45-43-41-39-37-35-33-30-23-21-19-17-15-13-11-9-7-2/h15,17,21,23,33,35,52H,6-14,16,18-20,22,24-32,34,36-51H2,1-5H3/b17-15+,23-21+,35-33+/t52-/m0/s1. The lowest BCUT2D eigenvalue weighted by atomic mass is 10.0. The number of quaternary nitrogens is 1. The van der Waals surface area contributed by atoms with Gasteiger partial charge in [0.1, 0.15) is 19.8 Å². The molecule has 64 heavy (non-hydrogen) atoms. The molecule has 10 heteroatoms. The molecule has 0 aliphatic rings. The summed E-state index contributed by atoms with van der Waals surface area (Å²) in [5, 5.41) is 0. The second-order valence-electron chi connectivity index (χ2n) is 19.2. The van der Waals surface area contributed by atoms with E-state index in [1.54, 1.807) is 0 Å². The summed E-state index contributed by atoms with van der Waals surface area (Å²) in [7, 11) is 1.16. The van der Waals surface area contributed by atoms with Crippen LogP contribution in [0.25, 0.3) is 0 Å². The molecule has 0 bridgehead atoms. The Balaban J connectivity index is 4.20. The minimum absolute atomic E-state index is 0.0345. The quantitative estimate of drug-likeness (QED) is 0.0195. The van der Waals surface area contributed by atoms with E-state index in [0.29, 0.717) is 17.4 Å². The van der Waals surface area contributed by atoms with Crippen LogP contribution in [0.4, 0.5) is 0 Å². The van der Waals surface area contributed by atoms with Gasteiger partial charge in [0.15, 0.2) is 6.10 Å². The van der Waals surface area contributed by atoms with Crippen LogP contribution in [-0.4, -0.2) is 70.0 Å². The van der Waals surface area contributed by atoms with Crippen molar-refractivity contribution in [1.82, 2.24) is 0 Å². The molecule has 0 spiro atoms. The van der Waals surface area contributed by atoms with Crippen molar-refractivity contribution in [3.05, 3.63) is 36.5 Å². The van der Waals surface area contributed by atoms with Crippen molar-refractivity contribution >= 4 is 19.8 Å². The van der Waals surface area contributed by atoms with Crippen LogP contribution in [0.5, 0.6) is 0 Å². The van der Waals surface area contributed by atoms with Gasteiger partial charge in [-0.25, -0.2) is 0 Å².